The van der Waals surface area contributed by atoms with Crippen molar-refractivity contribution >= 4 is 15.7 Å². The highest BCUT2D eigenvalue weighted by atomic mass is 32.2. The van der Waals surface area contributed by atoms with Crippen molar-refractivity contribution in [3.63, 3.8) is 0 Å². The highest BCUT2D eigenvalue weighted by molar-refractivity contribution is 7.89. The van der Waals surface area contributed by atoms with Crippen molar-refractivity contribution in [1.82, 2.24) is 18.9 Å². The molecule has 0 saturated carbocycles. The molecule has 142 valence electrons. The molecule has 0 radical (unpaired) electrons. The summed E-state index contributed by atoms with van der Waals surface area (Å²) in [5.41, 5.74) is -0.109. The number of rotatable bonds is 2. The molecule has 1 aliphatic rings. The number of hydrogen-bond donors (Lipinski definition) is 1. The number of halogens is 3. The second-order valence-electron chi connectivity index (χ2n) is 6.11. The van der Waals surface area contributed by atoms with Gasteiger partial charge in [0.15, 0.2) is 5.65 Å². The number of H-pyrrole nitrogens is 1. The van der Waals surface area contributed by atoms with Crippen LogP contribution in [-0.2, 0) is 29.2 Å². The van der Waals surface area contributed by atoms with Crippen LogP contribution in [0.1, 0.15) is 16.8 Å². The van der Waals surface area contributed by atoms with E-state index in [1.165, 1.54) is 4.52 Å². The standard InChI is InChI=1S/C16H13F3N4O3S/c17-16(18,19)10-1-3-11(4-2-10)27(25,26)22-8-6-13-12(9-22)15(24)23-14(21-13)5-7-20-23/h1-5,7,20H,6,8-9H2. The van der Waals surface area contributed by atoms with Crippen molar-refractivity contribution < 1.29 is 21.6 Å². The number of hydrogen-bond acceptors (Lipinski definition) is 4. The molecule has 0 fully saturated rings. The molecule has 1 N–H and O–H groups in total. The molecule has 1 aromatic carbocycles. The summed E-state index contributed by atoms with van der Waals surface area (Å²) in [5, 5.41) is 2.71. The highest BCUT2D eigenvalue weighted by Gasteiger charge is 2.33. The van der Waals surface area contributed by atoms with Gasteiger partial charge in [0.1, 0.15) is 0 Å². The number of fused-ring (bicyclic) bond motifs is 2. The monoisotopic (exact) mass is 398 g/mol. The maximum atomic E-state index is 12.8. The van der Waals surface area contributed by atoms with E-state index in [9.17, 15) is 26.4 Å². The first-order valence-corrected chi connectivity index (χ1v) is 9.37. The average molecular weight is 398 g/mol. The molecule has 0 atom stereocenters. The molecule has 0 amide bonds. The Morgan fingerprint density at radius 2 is 1.81 bits per heavy atom. The molecule has 0 aliphatic carbocycles. The number of aromatic amines is 1. The van der Waals surface area contributed by atoms with Gasteiger partial charge in [-0.15, -0.1) is 0 Å². The molecular formula is C16H13F3N4O3S. The third-order valence-corrected chi connectivity index (χ3v) is 6.34. The summed E-state index contributed by atoms with van der Waals surface area (Å²) in [4.78, 5) is 16.6. The maximum absolute atomic E-state index is 12.8. The minimum atomic E-state index is -4.55. The summed E-state index contributed by atoms with van der Waals surface area (Å²) >= 11 is 0. The summed E-state index contributed by atoms with van der Waals surface area (Å²) in [6.45, 7) is -0.101. The van der Waals surface area contributed by atoms with Gasteiger partial charge in [0, 0.05) is 31.8 Å². The first kappa shape index (κ1) is 17.7. The second-order valence-corrected chi connectivity index (χ2v) is 8.05. The van der Waals surface area contributed by atoms with Crippen molar-refractivity contribution in [2.75, 3.05) is 6.54 Å². The molecule has 1 aliphatic heterocycles. The van der Waals surface area contributed by atoms with Crippen molar-refractivity contribution in [2.45, 2.75) is 24.0 Å². The highest BCUT2D eigenvalue weighted by Crippen LogP contribution is 2.30. The van der Waals surface area contributed by atoms with E-state index >= 15 is 0 Å². The molecule has 27 heavy (non-hydrogen) atoms. The van der Waals surface area contributed by atoms with Crippen molar-refractivity contribution in [3.8, 4) is 0 Å². The quantitative estimate of drug-likeness (QED) is 0.713. The topological polar surface area (TPSA) is 87.5 Å². The Bertz CT molecular complexity index is 1180. The van der Waals surface area contributed by atoms with Gasteiger partial charge in [0.25, 0.3) is 5.56 Å². The number of sulfonamides is 1. The van der Waals surface area contributed by atoms with Crippen molar-refractivity contribution in [2.24, 2.45) is 0 Å². The molecule has 2 aromatic heterocycles. The molecular weight excluding hydrogens is 385 g/mol. The lowest BCUT2D eigenvalue weighted by molar-refractivity contribution is -0.137. The summed E-state index contributed by atoms with van der Waals surface area (Å²) in [5.74, 6) is 0. The number of nitrogens with one attached hydrogen (secondary N) is 1. The van der Waals surface area contributed by atoms with E-state index in [1.807, 2.05) is 0 Å². The smallest absolute Gasteiger partial charge is 0.297 e. The van der Waals surface area contributed by atoms with Crippen LogP contribution in [0.2, 0.25) is 0 Å². The van der Waals surface area contributed by atoms with Crippen LogP contribution in [0.25, 0.3) is 5.65 Å². The van der Waals surface area contributed by atoms with Crippen molar-refractivity contribution in [3.05, 3.63) is 63.7 Å². The van der Waals surface area contributed by atoms with Gasteiger partial charge in [-0.05, 0) is 24.3 Å². The molecule has 3 aromatic rings. The summed E-state index contributed by atoms with van der Waals surface area (Å²) < 4.78 is 65.9. The van der Waals surface area contributed by atoms with Crippen molar-refractivity contribution in [1.29, 1.82) is 0 Å². The lowest BCUT2D eigenvalue weighted by Gasteiger charge is -2.27. The van der Waals surface area contributed by atoms with Gasteiger partial charge in [0.05, 0.1) is 21.7 Å². The van der Waals surface area contributed by atoms with Crippen LogP contribution < -0.4 is 5.56 Å². The van der Waals surface area contributed by atoms with Crippen LogP contribution >= 0.6 is 0 Å². The first-order valence-electron chi connectivity index (χ1n) is 7.93. The Balaban J connectivity index is 1.69. The van der Waals surface area contributed by atoms with E-state index in [2.05, 4.69) is 10.1 Å². The molecule has 4 rings (SSSR count). The minimum Gasteiger partial charge on any atom is -0.297 e. The summed E-state index contributed by atoms with van der Waals surface area (Å²) in [6.07, 6.45) is -2.76. The minimum absolute atomic E-state index is 0.0867. The van der Waals surface area contributed by atoms with E-state index < -0.39 is 27.3 Å². The van der Waals surface area contributed by atoms with Gasteiger partial charge in [-0.2, -0.15) is 17.5 Å². The van der Waals surface area contributed by atoms with Gasteiger partial charge in [-0.3, -0.25) is 9.89 Å². The second kappa shape index (κ2) is 5.92. The Morgan fingerprint density at radius 3 is 2.48 bits per heavy atom. The molecule has 3 heterocycles. The fourth-order valence-corrected chi connectivity index (χ4v) is 4.47. The number of nitrogens with zero attached hydrogens (tertiary/aromatic N) is 3. The molecule has 0 unspecified atom stereocenters. The van der Waals surface area contributed by atoms with E-state index in [0.29, 0.717) is 11.3 Å². The molecule has 0 bridgehead atoms. The van der Waals surface area contributed by atoms with Gasteiger partial charge < -0.3 is 0 Å². The Labute approximate surface area is 151 Å². The third kappa shape index (κ3) is 2.92. The van der Waals surface area contributed by atoms with Gasteiger partial charge in [-0.1, -0.05) is 0 Å². The Kier molecular flexibility index (Phi) is 3.89. The van der Waals surface area contributed by atoms with Crippen LogP contribution in [0.15, 0.2) is 46.2 Å². The van der Waals surface area contributed by atoms with Gasteiger partial charge in [0.2, 0.25) is 10.0 Å². The van der Waals surface area contributed by atoms with E-state index in [1.54, 1.807) is 12.3 Å². The number of aromatic nitrogens is 3. The largest absolute Gasteiger partial charge is 0.416 e. The van der Waals surface area contributed by atoms with E-state index in [0.717, 1.165) is 28.6 Å². The van der Waals surface area contributed by atoms with Crippen LogP contribution in [0.4, 0.5) is 13.2 Å². The lowest BCUT2D eigenvalue weighted by atomic mass is 10.1. The summed E-state index contributed by atoms with van der Waals surface area (Å²) in [6, 6.07) is 4.93. The van der Waals surface area contributed by atoms with Crippen LogP contribution in [-0.4, -0.2) is 33.9 Å². The maximum Gasteiger partial charge on any atom is 0.416 e. The molecule has 0 spiro atoms. The average Bonchev–Trinajstić information content (AvgIpc) is 3.10. The fraction of sp³-hybridized carbons (Fsp3) is 0.250. The normalized spacial score (nSPS) is 15.8. The first-order chi connectivity index (χ1) is 12.7. The Hall–Kier alpha value is -2.66. The zero-order chi connectivity index (χ0) is 19.4. The van der Waals surface area contributed by atoms with Gasteiger partial charge in [-0.25, -0.2) is 17.9 Å². The third-order valence-electron chi connectivity index (χ3n) is 4.48. The van der Waals surface area contributed by atoms with Gasteiger partial charge >= 0.3 is 6.18 Å². The predicted molar refractivity (Wildman–Crippen MR) is 88.6 cm³/mol. The van der Waals surface area contributed by atoms with Crippen LogP contribution in [0, 0.1) is 0 Å². The number of benzene rings is 1. The molecule has 11 heteroatoms. The predicted octanol–water partition coefficient (Wildman–Crippen LogP) is 1.79. The summed E-state index contributed by atoms with van der Waals surface area (Å²) in [7, 11) is -4.04. The molecule has 7 nitrogen and oxygen atoms in total. The lowest BCUT2D eigenvalue weighted by Crippen LogP contribution is -2.40. The van der Waals surface area contributed by atoms with E-state index in [4.69, 9.17) is 0 Å². The Morgan fingerprint density at radius 1 is 1.11 bits per heavy atom. The zero-order valence-corrected chi connectivity index (χ0v) is 14.5. The van der Waals surface area contributed by atoms with Crippen LogP contribution in [0.3, 0.4) is 0 Å². The number of alkyl halides is 3. The molecule has 0 saturated heterocycles. The van der Waals surface area contributed by atoms with Crippen LogP contribution in [0.5, 0.6) is 0 Å². The fourth-order valence-electron chi connectivity index (χ4n) is 3.06. The zero-order valence-electron chi connectivity index (χ0n) is 13.7. The van der Waals surface area contributed by atoms with E-state index in [-0.39, 0.29) is 30.0 Å². The SMILES string of the molecule is O=c1c2c(nc3cc[nH]n13)CCN(S(=O)(=O)c1ccc(C(F)(F)F)cc1)C2.